The van der Waals surface area contributed by atoms with Gasteiger partial charge in [0.2, 0.25) is 5.91 Å². The maximum Gasteiger partial charge on any atom is 0.324 e. The number of nitrogens with zero attached hydrogens (tertiary/aromatic N) is 1. The fourth-order valence-electron chi connectivity index (χ4n) is 1.91. The minimum Gasteiger partial charge on any atom is -0.336 e. The van der Waals surface area contributed by atoms with Crippen LogP contribution in [0.4, 0.5) is 4.79 Å². The molecule has 1 atom stereocenters. The Morgan fingerprint density at radius 2 is 2.16 bits per heavy atom. The second kappa shape index (κ2) is 6.04. The molecule has 0 saturated carbocycles. The first-order valence-electron chi connectivity index (χ1n) is 6.15. The first kappa shape index (κ1) is 13.8. The molecule has 0 bridgehead atoms. The van der Waals surface area contributed by atoms with Crippen molar-refractivity contribution in [3.8, 4) is 0 Å². The Balaban J connectivity index is 1.86. The van der Waals surface area contributed by atoms with Crippen LogP contribution < -0.4 is 10.6 Å². The Kier molecular flexibility index (Phi) is 4.39. The van der Waals surface area contributed by atoms with Gasteiger partial charge in [-0.25, -0.2) is 4.79 Å². The van der Waals surface area contributed by atoms with Gasteiger partial charge < -0.3 is 10.6 Å². The molecule has 19 heavy (non-hydrogen) atoms. The third-order valence-electron chi connectivity index (χ3n) is 3.09. The van der Waals surface area contributed by atoms with E-state index < -0.39 is 0 Å². The third-order valence-corrected chi connectivity index (χ3v) is 3.34. The summed E-state index contributed by atoms with van der Waals surface area (Å²) in [6.45, 7) is 3.06. The van der Waals surface area contributed by atoms with E-state index in [0.29, 0.717) is 18.1 Å². The SMILES string of the molecule is C[C@H](NCC(=O)N1CCNC1=O)c1ccc(Cl)cc1. The maximum atomic E-state index is 11.8. The van der Waals surface area contributed by atoms with E-state index in [1.165, 1.54) is 4.90 Å². The van der Waals surface area contributed by atoms with Gasteiger partial charge in [-0.15, -0.1) is 0 Å². The third kappa shape index (κ3) is 3.45. The van der Waals surface area contributed by atoms with Crippen LogP contribution >= 0.6 is 11.6 Å². The zero-order chi connectivity index (χ0) is 13.8. The summed E-state index contributed by atoms with van der Waals surface area (Å²) >= 11 is 5.82. The summed E-state index contributed by atoms with van der Waals surface area (Å²) in [5.41, 5.74) is 1.04. The molecule has 6 heteroatoms. The Labute approximate surface area is 116 Å². The molecule has 102 valence electrons. The van der Waals surface area contributed by atoms with Gasteiger partial charge in [-0.05, 0) is 24.6 Å². The lowest BCUT2D eigenvalue weighted by atomic mass is 10.1. The molecule has 5 nitrogen and oxygen atoms in total. The van der Waals surface area contributed by atoms with Gasteiger partial charge in [-0.1, -0.05) is 23.7 Å². The van der Waals surface area contributed by atoms with Crippen molar-refractivity contribution in [3.05, 3.63) is 34.9 Å². The van der Waals surface area contributed by atoms with Gasteiger partial charge in [-0.3, -0.25) is 9.69 Å². The topological polar surface area (TPSA) is 61.4 Å². The number of imide groups is 1. The van der Waals surface area contributed by atoms with Gasteiger partial charge in [-0.2, -0.15) is 0 Å². The number of urea groups is 1. The van der Waals surface area contributed by atoms with Gasteiger partial charge in [0.1, 0.15) is 0 Å². The molecule has 0 aliphatic carbocycles. The quantitative estimate of drug-likeness (QED) is 0.880. The van der Waals surface area contributed by atoms with Crippen LogP contribution in [0, 0.1) is 0 Å². The van der Waals surface area contributed by atoms with E-state index in [9.17, 15) is 9.59 Å². The van der Waals surface area contributed by atoms with Crippen LogP contribution in [0.3, 0.4) is 0 Å². The van der Waals surface area contributed by atoms with Crippen molar-refractivity contribution < 1.29 is 9.59 Å². The minimum atomic E-state index is -0.314. The highest BCUT2D eigenvalue weighted by Crippen LogP contribution is 2.15. The van der Waals surface area contributed by atoms with Crippen molar-refractivity contribution in [2.45, 2.75) is 13.0 Å². The molecule has 2 rings (SSSR count). The van der Waals surface area contributed by atoms with Crippen molar-refractivity contribution in [2.75, 3.05) is 19.6 Å². The molecule has 3 amide bonds. The molecular formula is C13H16ClN3O2. The zero-order valence-corrected chi connectivity index (χ0v) is 11.4. The van der Waals surface area contributed by atoms with Gasteiger partial charge in [0.25, 0.3) is 0 Å². The molecule has 1 saturated heterocycles. The van der Waals surface area contributed by atoms with Gasteiger partial charge >= 0.3 is 6.03 Å². The molecule has 1 aliphatic heterocycles. The van der Waals surface area contributed by atoms with Crippen LogP contribution in [0.1, 0.15) is 18.5 Å². The number of amides is 3. The summed E-state index contributed by atoms with van der Waals surface area (Å²) in [5.74, 6) is -0.212. The van der Waals surface area contributed by atoms with E-state index in [-0.39, 0.29) is 24.5 Å². The van der Waals surface area contributed by atoms with E-state index in [1.54, 1.807) is 0 Å². The first-order valence-corrected chi connectivity index (χ1v) is 6.53. The average Bonchev–Trinajstić information content (AvgIpc) is 2.83. The Morgan fingerprint density at radius 3 is 2.74 bits per heavy atom. The number of hydrogen-bond donors (Lipinski definition) is 2. The molecule has 1 fully saturated rings. The van der Waals surface area contributed by atoms with Gasteiger partial charge in [0.05, 0.1) is 6.54 Å². The molecule has 1 aliphatic rings. The number of halogens is 1. The van der Waals surface area contributed by atoms with E-state index >= 15 is 0 Å². The number of carbonyl (C=O) groups is 2. The predicted molar refractivity (Wildman–Crippen MR) is 73.0 cm³/mol. The summed E-state index contributed by atoms with van der Waals surface area (Å²) in [7, 11) is 0. The van der Waals surface area contributed by atoms with Crippen LogP contribution in [0.5, 0.6) is 0 Å². The fraction of sp³-hybridized carbons (Fsp3) is 0.385. The lowest BCUT2D eigenvalue weighted by Gasteiger charge is -2.17. The van der Waals surface area contributed by atoms with Crippen LogP contribution in [-0.2, 0) is 4.79 Å². The lowest BCUT2D eigenvalue weighted by molar-refractivity contribution is -0.126. The van der Waals surface area contributed by atoms with Crippen LogP contribution in [-0.4, -0.2) is 36.5 Å². The number of nitrogens with one attached hydrogen (secondary N) is 2. The van der Waals surface area contributed by atoms with Crippen LogP contribution in [0.2, 0.25) is 5.02 Å². The van der Waals surface area contributed by atoms with Crippen molar-refractivity contribution in [3.63, 3.8) is 0 Å². The Bertz CT molecular complexity index is 475. The van der Waals surface area contributed by atoms with Gasteiger partial charge in [0.15, 0.2) is 0 Å². The first-order chi connectivity index (χ1) is 9.08. The van der Waals surface area contributed by atoms with Crippen LogP contribution in [0.25, 0.3) is 0 Å². The molecule has 1 aromatic rings. The molecular weight excluding hydrogens is 266 g/mol. The van der Waals surface area contributed by atoms with E-state index in [1.807, 2.05) is 31.2 Å². The van der Waals surface area contributed by atoms with E-state index in [0.717, 1.165) is 5.56 Å². The monoisotopic (exact) mass is 281 g/mol. The summed E-state index contributed by atoms with van der Waals surface area (Å²) in [4.78, 5) is 24.4. The summed E-state index contributed by atoms with van der Waals surface area (Å²) in [5, 5.41) is 6.38. The molecule has 0 radical (unpaired) electrons. The zero-order valence-electron chi connectivity index (χ0n) is 10.6. The molecule has 0 spiro atoms. The summed E-state index contributed by atoms with van der Waals surface area (Å²) in [6.07, 6.45) is 0. The average molecular weight is 282 g/mol. The number of carbonyl (C=O) groups excluding carboxylic acids is 2. The van der Waals surface area contributed by atoms with Crippen molar-refractivity contribution in [1.29, 1.82) is 0 Å². The second-order valence-corrected chi connectivity index (χ2v) is 4.87. The number of rotatable bonds is 4. The van der Waals surface area contributed by atoms with Gasteiger partial charge in [0, 0.05) is 24.2 Å². The molecule has 1 aromatic carbocycles. The standard InChI is InChI=1S/C13H16ClN3O2/c1-9(10-2-4-11(14)5-3-10)16-8-12(18)17-7-6-15-13(17)19/h2-5,9,16H,6-8H2,1H3,(H,15,19)/t9-/m0/s1. The number of hydrogen-bond acceptors (Lipinski definition) is 3. The Hall–Kier alpha value is -1.59. The highest BCUT2D eigenvalue weighted by molar-refractivity contribution is 6.30. The van der Waals surface area contributed by atoms with Crippen molar-refractivity contribution >= 4 is 23.5 Å². The number of benzene rings is 1. The van der Waals surface area contributed by atoms with E-state index in [2.05, 4.69) is 10.6 Å². The fourth-order valence-corrected chi connectivity index (χ4v) is 2.04. The molecule has 0 unspecified atom stereocenters. The largest absolute Gasteiger partial charge is 0.336 e. The van der Waals surface area contributed by atoms with Crippen molar-refractivity contribution in [1.82, 2.24) is 15.5 Å². The second-order valence-electron chi connectivity index (χ2n) is 4.43. The highest BCUT2D eigenvalue weighted by atomic mass is 35.5. The Morgan fingerprint density at radius 1 is 1.47 bits per heavy atom. The molecule has 2 N–H and O–H groups in total. The predicted octanol–water partition coefficient (Wildman–Crippen LogP) is 1.54. The van der Waals surface area contributed by atoms with Crippen LogP contribution in [0.15, 0.2) is 24.3 Å². The molecule has 0 aromatic heterocycles. The smallest absolute Gasteiger partial charge is 0.324 e. The summed E-state index contributed by atoms with van der Waals surface area (Å²) < 4.78 is 0. The highest BCUT2D eigenvalue weighted by Gasteiger charge is 2.25. The molecule has 1 heterocycles. The maximum absolute atomic E-state index is 11.8. The van der Waals surface area contributed by atoms with E-state index in [4.69, 9.17) is 11.6 Å². The minimum absolute atomic E-state index is 0.0203. The summed E-state index contributed by atoms with van der Waals surface area (Å²) in [6, 6.07) is 7.15. The lowest BCUT2D eigenvalue weighted by Crippen LogP contribution is -2.40. The van der Waals surface area contributed by atoms with Crippen molar-refractivity contribution in [2.24, 2.45) is 0 Å². The normalized spacial score (nSPS) is 16.3.